The van der Waals surface area contributed by atoms with Crippen LogP contribution in [0.5, 0.6) is 5.75 Å². The monoisotopic (exact) mass is 346 g/mol. The minimum Gasteiger partial charge on any atom is -0.493 e. The highest BCUT2D eigenvalue weighted by Gasteiger charge is 2.25. The van der Waals surface area contributed by atoms with E-state index in [0.717, 1.165) is 49.7 Å². The number of nitrogens with zero attached hydrogens (tertiary/aromatic N) is 3. The first-order chi connectivity index (χ1) is 12.8. The zero-order chi connectivity index (χ0) is 17.5. The number of nitrogens with one attached hydrogen (secondary N) is 1. The third kappa shape index (κ3) is 2.69. The van der Waals surface area contributed by atoms with Gasteiger partial charge in [0.1, 0.15) is 11.6 Å². The fourth-order valence-corrected chi connectivity index (χ4v) is 3.94. The summed E-state index contributed by atoms with van der Waals surface area (Å²) in [6, 6.07) is 11.0. The standard InChI is InChI=1S/C21H22N4O/c1-14(16-5-4-15-7-10-26-20(15)11-16)25-9-6-18-19(13-25)24-21(23-18)17-3-2-8-22-12-17/h2-5,8,11-12,14H,6-7,9-10,13H2,1H3,(H,23,24). The molecule has 5 nitrogen and oxygen atoms in total. The van der Waals surface area contributed by atoms with Crippen molar-refractivity contribution in [1.82, 2.24) is 19.9 Å². The smallest absolute Gasteiger partial charge is 0.139 e. The molecule has 1 atom stereocenters. The van der Waals surface area contributed by atoms with Gasteiger partial charge in [0.15, 0.2) is 0 Å². The van der Waals surface area contributed by atoms with E-state index >= 15 is 0 Å². The van der Waals surface area contributed by atoms with E-state index in [2.05, 4.69) is 40.0 Å². The molecule has 5 rings (SSSR count). The van der Waals surface area contributed by atoms with E-state index in [1.165, 1.54) is 22.5 Å². The second kappa shape index (κ2) is 6.25. The first-order valence-corrected chi connectivity index (χ1v) is 9.26. The summed E-state index contributed by atoms with van der Waals surface area (Å²) in [7, 11) is 0. The molecule has 0 spiro atoms. The summed E-state index contributed by atoms with van der Waals surface area (Å²) in [6.07, 6.45) is 5.64. The summed E-state index contributed by atoms with van der Waals surface area (Å²) < 4.78 is 5.74. The molecule has 4 heterocycles. The van der Waals surface area contributed by atoms with Crippen molar-refractivity contribution in [2.75, 3.05) is 13.2 Å². The van der Waals surface area contributed by atoms with Crippen LogP contribution in [0.15, 0.2) is 42.7 Å². The van der Waals surface area contributed by atoms with Crippen LogP contribution in [0.25, 0.3) is 11.4 Å². The highest BCUT2D eigenvalue weighted by Crippen LogP contribution is 2.33. The number of ether oxygens (including phenoxy) is 1. The second-order valence-electron chi connectivity index (χ2n) is 7.11. The zero-order valence-corrected chi connectivity index (χ0v) is 14.9. The lowest BCUT2D eigenvalue weighted by molar-refractivity contribution is 0.188. The lowest BCUT2D eigenvalue weighted by Crippen LogP contribution is -2.33. The molecule has 3 aromatic rings. The summed E-state index contributed by atoms with van der Waals surface area (Å²) in [5, 5.41) is 0. The van der Waals surface area contributed by atoms with Crippen LogP contribution in [0.2, 0.25) is 0 Å². The number of hydrogen-bond acceptors (Lipinski definition) is 4. The number of rotatable bonds is 3. The largest absolute Gasteiger partial charge is 0.493 e. The molecular formula is C21H22N4O. The molecule has 0 radical (unpaired) electrons. The summed E-state index contributed by atoms with van der Waals surface area (Å²) >= 11 is 0. The van der Waals surface area contributed by atoms with Gasteiger partial charge in [0.2, 0.25) is 0 Å². The van der Waals surface area contributed by atoms with Gasteiger partial charge in [0.25, 0.3) is 0 Å². The Kier molecular flexibility index (Phi) is 3.75. The highest BCUT2D eigenvalue weighted by atomic mass is 16.5. The van der Waals surface area contributed by atoms with Gasteiger partial charge in [-0.1, -0.05) is 12.1 Å². The molecule has 2 aliphatic heterocycles. The van der Waals surface area contributed by atoms with Gasteiger partial charge in [0, 0.05) is 49.9 Å². The molecule has 0 fully saturated rings. The lowest BCUT2D eigenvalue weighted by Gasteiger charge is -2.32. The van der Waals surface area contributed by atoms with Crippen molar-refractivity contribution >= 4 is 0 Å². The van der Waals surface area contributed by atoms with Crippen molar-refractivity contribution in [3.05, 3.63) is 65.2 Å². The first-order valence-electron chi connectivity index (χ1n) is 9.26. The number of aromatic nitrogens is 3. The third-order valence-corrected chi connectivity index (χ3v) is 5.55. The molecule has 1 unspecified atom stereocenters. The van der Waals surface area contributed by atoms with Gasteiger partial charge in [-0.3, -0.25) is 9.88 Å². The molecule has 0 aliphatic carbocycles. The number of pyridine rings is 1. The van der Waals surface area contributed by atoms with E-state index in [4.69, 9.17) is 9.72 Å². The van der Waals surface area contributed by atoms with Crippen molar-refractivity contribution in [2.24, 2.45) is 0 Å². The lowest BCUT2D eigenvalue weighted by atomic mass is 10.0. The summed E-state index contributed by atoms with van der Waals surface area (Å²) in [4.78, 5) is 15.0. The van der Waals surface area contributed by atoms with Crippen LogP contribution in [0.4, 0.5) is 0 Å². The number of aromatic amines is 1. The van der Waals surface area contributed by atoms with Gasteiger partial charge >= 0.3 is 0 Å². The minimum atomic E-state index is 0.350. The van der Waals surface area contributed by atoms with Crippen molar-refractivity contribution in [3.8, 4) is 17.1 Å². The molecule has 0 amide bonds. The molecular weight excluding hydrogens is 324 g/mol. The van der Waals surface area contributed by atoms with E-state index < -0.39 is 0 Å². The number of benzene rings is 1. The van der Waals surface area contributed by atoms with Gasteiger partial charge < -0.3 is 9.72 Å². The quantitative estimate of drug-likeness (QED) is 0.788. The molecule has 0 saturated carbocycles. The van der Waals surface area contributed by atoms with Crippen LogP contribution in [0, 0.1) is 0 Å². The molecule has 132 valence electrons. The maximum Gasteiger partial charge on any atom is 0.139 e. The van der Waals surface area contributed by atoms with Gasteiger partial charge in [-0.25, -0.2) is 4.98 Å². The van der Waals surface area contributed by atoms with E-state index in [0.29, 0.717) is 6.04 Å². The molecule has 0 bridgehead atoms. The van der Waals surface area contributed by atoms with Gasteiger partial charge in [-0.2, -0.15) is 0 Å². The van der Waals surface area contributed by atoms with Crippen LogP contribution in [0.3, 0.4) is 0 Å². The maximum atomic E-state index is 5.74. The molecule has 0 saturated heterocycles. The van der Waals surface area contributed by atoms with E-state index in [-0.39, 0.29) is 0 Å². The Morgan fingerprint density at radius 3 is 3.08 bits per heavy atom. The van der Waals surface area contributed by atoms with Crippen molar-refractivity contribution < 1.29 is 4.74 Å². The van der Waals surface area contributed by atoms with Crippen molar-refractivity contribution in [3.63, 3.8) is 0 Å². The van der Waals surface area contributed by atoms with Crippen LogP contribution in [-0.2, 0) is 19.4 Å². The van der Waals surface area contributed by atoms with Crippen molar-refractivity contribution in [2.45, 2.75) is 32.4 Å². The molecule has 2 aliphatic rings. The van der Waals surface area contributed by atoms with Crippen LogP contribution < -0.4 is 4.74 Å². The van der Waals surface area contributed by atoms with E-state index in [1.54, 1.807) is 6.20 Å². The number of imidazole rings is 1. The number of hydrogen-bond donors (Lipinski definition) is 1. The second-order valence-corrected chi connectivity index (χ2v) is 7.11. The number of H-pyrrole nitrogens is 1. The van der Waals surface area contributed by atoms with Crippen LogP contribution >= 0.6 is 0 Å². The Balaban J connectivity index is 1.38. The summed E-state index contributed by atoms with van der Waals surface area (Å²) in [5.74, 6) is 1.98. The normalized spacial score (nSPS) is 17.4. The fourth-order valence-electron chi connectivity index (χ4n) is 3.94. The van der Waals surface area contributed by atoms with Crippen molar-refractivity contribution in [1.29, 1.82) is 0 Å². The Labute approximate surface area is 153 Å². The Morgan fingerprint density at radius 1 is 1.23 bits per heavy atom. The predicted molar refractivity (Wildman–Crippen MR) is 100.0 cm³/mol. The average Bonchev–Trinajstić information content (AvgIpc) is 3.33. The van der Waals surface area contributed by atoms with Crippen LogP contribution in [-0.4, -0.2) is 33.0 Å². The first kappa shape index (κ1) is 15.6. The number of fused-ring (bicyclic) bond motifs is 2. The molecule has 5 heteroatoms. The molecule has 1 N–H and O–H groups in total. The fraction of sp³-hybridized carbons (Fsp3) is 0.333. The third-order valence-electron chi connectivity index (χ3n) is 5.55. The average molecular weight is 346 g/mol. The van der Waals surface area contributed by atoms with Gasteiger partial charge in [0.05, 0.1) is 18.0 Å². The molecule has 26 heavy (non-hydrogen) atoms. The van der Waals surface area contributed by atoms with Gasteiger partial charge in [-0.15, -0.1) is 0 Å². The summed E-state index contributed by atoms with van der Waals surface area (Å²) in [6.45, 7) is 5.00. The van der Waals surface area contributed by atoms with Gasteiger partial charge in [-0.05, 0) is 36.2 Å². The van der Waals surface area contributed by atoms with E-state index in [1.807, 2.05) is 18.3 Å². The minimum absolute atomic E-state index is 0.350. The van der Waals surface area contributed by atoms with E-state index in [9.17, 15) is 0 Å². The molecule has 2 aromatic heterocycles. The predicted octanol–water partition coefficient (Wildman–Crippen LogP) is 3.53. The topological polar surface area (TPSA) is 54.0 Å². The molecule has 1 aromatic carbocycles. The Hall–Kier alpha value is -2.66. The Bertz CT molecular complexity index is 934. The Morgan fingerprint density at radius 2 is 2.19 bits per heavy atom. The van der Waals surface area contributed by atoms with Crippen LogP contribution in [0.1, 0.15) is 35.5 Å². The maximum absolute atomic E-state index is 5.74. The SMILES string of the molecule is CC(c1ccc2c(c1)OCC2)N1CCc2nc(-c3cccnc3)[nH]c2C1. The highest BCUT2D eigenvalue weighted by molar-refractivity contribution is 5.54. The summed E-state index contributed by atoms with van der Waals surface area (Å²) in [5.41, 5.74) is 6.10. The zero-order valence-electron chi connectivity index (χ0n) is 14.9.